The maximum atomic E-state index is 13.8. The standard InChI is InChI=1S/C22H21F2N5O3S/c1-10-8-11(2)17(25-13(4)30)14(9-10)18-21(32)27-22(29-28-18)33-12(3)20(31)26-19-15(23)6-5-7-16(19)24/h5-9,12H,1-4H3,(H,25,30)(H,26,31)(H,27,29,32)/t12-/m1/s1. The lowest BCUT2D eigenvalue weighted by molar-refractivity contribution is -0.115. The first-order valence-corrected chi connectivity index (χ1v) is 10.7. The fraction of sp³-hybridized carbons (Fsp3) is 0.227. The number of benzene rings is 2. The second-order valence-corrected chi connectivity index (χ2v) is 8.67. The van der Waals surface area contributed by atoms with E-state index in [1.807, 2.05) is 13.0 Å². The van der Waals surface area contributed by atoms with Crippen molar-refractivity contribution < 1.29 is 18.4 Å². The summed E-state index contributed by atoms with van der Waals surface area (Å²) in [5.41, 5.74) is 1.36. The number of aromatic amines is 1. The summed E-state index contributed by atoms with van der Waals surface area (Å²) < 4.78 is 27.5. The summed E-state index contributed by atoms with van der Waals surface area (Å²) in [6.45, 7) is 6.49. The number of rotatable bonds is 6. The van der Waals surface area contributed by atoms with Gasteiger partial charge in [0.1, 0.15) is 17.3 Å². The summed E-state index contributed by atoms with van der Waals surface area (Å²) >= 11 is 0.866. The fourth-order valence-corrected chi connectivity index (χ4v) is 3.85. The summed E-state index contributed by atoms with van der Waals surface area (Å²) in [6, 6.07) is 6.82. The van der Waals surface area contributed by atoms with Crippen LogP contribution in [0.5, 0.6) is 0 Å². The molecule has 3 N–H and O–H groups in total. The number of aromatic nitrogens is 3. The Labute approximate surface area is 192 Å². The zero-order chi connectivity index (χ0) is 24.3. The highest BCUT2D eigenvalue weighted by molar-refractivity contribution is 8.00. The summed E-state index contributed by atoms with van der Waals surface area (Å²) in [5.74, 6) is -2.79. The van der Waals surface area contributed by atoms with Gasteiger partial charge in [-0.05, 0) is 44.5 Å². The predicted octanol–water partition coefficient (Wildman–Crippen LogP) is 3.80. The normalized spacial score (nSPS) is 11.7. The van der Waals surface area contributed by atoms with Gasteiger partial charge in [0, 0.05) is 12.5 Å². The minimum atomic E-state index is -0.901. The van der Waals surface area contributed by atoms with Crippen LogP contribution in [0.25, 0.3) is 11.3 Å². The summed E-state index contributed by atoms with van der Waals surface area (Å²) in [6.07, 6.45) is 0. The lowest BCUT2D eigenvalue weighted by Crippen LogP contribution is -2.25. The van der Waals surface area contributed by atoms with Crippen molar-refractivity contribution in [3.8, 4) is 11.3 Å². The Hall–Kier alpha value is -3.60. The molecule has 0 unspecified atom stereocenters. The van der Waals surface area contributed by atoms with Crippen molar-refractivity contribution in [3.05, 3.63) is 63.4 Å². The average molecular weight is 474 g/mol. The lowest BCUT2D eigenvalue weighted by Gasteiger charge is -2.14. The molecule has 0 saturated heterocycles. The monoisotopic (exact) mass is 473 g/mol. The van der Waals surface area contributed by atoms with E-state index in [2.05, 4.69) is 25.8 Å². The third-order valence-electron chi connectivity index (χ3n) is 4.58. The van der Waals surface area contributed by atoms with Crippen LogP contribution in [0.3, 0.4) is 0 Å². The predicted molar refractivity (Wildman–Crippen MR) is 122 cm³/mol. The van der Waals surface area contributed by atoms with E-state index in [0.717, 1.165) is 35.0 Å². The molecule has 3 rings (SSSR count). The quantitative estimate of drug-likeness (QED) is 0.469. The second-order valence-electron chi connectivity index (χ2n) is 7.34. The first kappa shape index (κ1) is 24.1. The minimum absolute atomic E-state index is 0.000400. The van der Waals surface area contributed by atoms with Crippen molar-refractivity contribution >= 4 is 35.0 Å². The highest BCUT2D eigenvalue weighted by Crippen LogP contribution is 2.30. The van der Waals surface area contributed by atoms with E-state index in [1.54, 1.807) is 13.0 Å². The Balaban J connectivity index is 1.84. The molecular weight excluding hydrogens is 452 g/mol. The number of amides is 2. The van der Waals surface area contributed by atoms with Gasteiger partial charge in [0.15, 0.2) is 10.9 Å². The van der Waals surface area contributed by atoms with Crippen molar-refractivity contribution in [3.63, 3.8) is 0 Å². The zero-order valence-electron chi connectivity index (χ0n) is 18.2. The number of nitrogens with one attached hydrogen (secondary N) is 3. The van der Waals surface area contributed by atoms with Gasteiger partial charge in [-0.3, -0.25) is 19.4 Å². The van der Waals surface area contributed by atoms with Crippen LogP contribution in [0.4, 0.5) is 20.2 Å². The van der Waals surface area contributed by atoms with Gasteiger partial charge >= 0.3 is 0 Å². The summed E-state index contributed by atoms with van der Waals surface area (Å²) in [7, 11) is 0. The maximum Gasteiger partial charge on any atom is 0.278 e. The maximum absolute atomic E-state index is 13.8. The van der Waals surface area contributed by atoms with E-state index in [1.165, 1.54) is 19.9 Å². The minimum Gasteiger partial charge on any atom is -0.325 e. The van der Waals surface area contributed by atoms with E-state index < -0.39 is 34.0 Å². The number of para-hydroxylation sites is 1. The first-order chi connectivity index (χ1) is 15.6. The number of anilines is 2. The molecule has 2 amide bonds. The van der Waals surface area contributed by atoms with E-state index in [0.29, 0.717) is 11.3 Å². The van der Waals surface area contributed by atoms with Crippen molar-refractivity contribution in [1.82, 2.24) is 15.2 Å². The molecule has 1 heterocycles. The van der Waals surface area contributed by atoms with Crippen LogP contribution in [-0.4, -0.2) is 32.2 Å². The highest BCUT2D eigenvalue weighted by atomic mass is 32.2. The third-order valence-corrected chi connectivity index (χ3v) is 5.56. The number of carbonyl (C=O) groups is 2. The number of H-pyrrole nitrogens is 1. The Morgan fingerprint density at radius 3 is 2.33 bits per heavy atom. The zero-order valence-corrected chi connectivity index (χ0v) is 19.1. The van der Waals surface area contributed by atoms with Gasteiger partial charge in [0.25, 0.3) is 5.56 Å². The Morgan fingerprint density at radius 2 is 1.73 bits per heavy atom. The molecule has 0 aliphatic rings. The van der Waals surface area contributed by atoms with Crippen LogP contribution >= 0.6 is 11.8 Å². The van der Waals surface area contributed by atoms with Gasteiger partial charge in [-0.25, -0.2) is 8.78 Å². The van der Waals surface area contributed by atoms with Gasteiger partial charge in [-0.1, -0.05) is 29.5 Å². The molecule has 3 aromatic rings. The van der Waals surface area contributed by atoms with Crippen LogP contribution in [0.1, 0.15) is 25.0 Å². The van der Waals surface area contributed by atoms with E-state index in [9.17, 15) is 23.2 Å². The van der Waals surface area contributed by atoms with Crippen molar-refractivity contribution in [2.24, 2.45) is 0 Å². The fourth-order valence-electron chi connectivity index (χ4n) is 3.11. The Bertz CT molecular complexity index is 1280. The number of halogens is 2. The molecule has 1 atom stereocenters. The highest BCUT2D eigenvalue weighted by Gasteiger charge is 2.21. The molecule has 2 aromatic carbocycles. The molecule has 0 aliphatic carbocycles. The topological polar surface area (TPSA) is 117 Å². The van der Waals surface area contributed by atoms with E-state index >= 15 is 0 Å². The molecule has 8 nitrogen and oxygen atoms in total. The van der Waals surface area contributed by atoms with E-state index in [-0.39, 0.29) is 16.8 Å². The SMILES string of the molecule is CC(=O)Nc1c(C)cc(C)cc1-c1nnc(S[C@H](C)C(=O)Nc2c(F)cccc2F)[nH]c1=O. The van der Waals surface area contributed by atoms with Gasteiger partial charge in [0.05, 0.1) is 10.9 Å². The molecule has 0 aliphatic heterocycles. The number of aryl methyl sites for hydroxylation is 2. The van der Waals surface area contributed by atoms with Crippen molar-refractivity contribution in [2.75, 3.05) is 10.6 Å². The molecule has 0 spiro atoms. The smallest absolute Gasteiger partial charge is 0.278 e. The number of hydrogen-bond donors (Lipinski definition) is 3. The summed E-state index contributed by atoms with van der Waals surface area (Å²) in [4.78, 5) is 39.3. The second kappa shape index (κ2) is 9.90. The van der Waals surface area contributed by atoms with Gasteiger partial charge in [0.2, 0.25) is 11.8 Å². The van der Waals surface area contributed by atoms with Crippen LogP contribution in [0.2, 0.25) is 0 Å². The van der Waals surface area contributed by atoms with Crippen molar-refractivity contribution in [1.29, 1.82) is 0 Å². The number of hydrogen-bond acceptors (Lipinski definition) is 6. The van der Waals surface area contributed by atoms with Crippen LogP contribution in [-0.2, 0) is 9.59 Å². The Morgan fingerprint density at radius 1 is 1.06 bits per heavy atom. The van der Waals surface area contributed by atoms with Gasteiger partial charge in [-0.15, -0.1) is 10.2 Å². The molecule has 11 heteroatoms. The van der Waals surface area contributed by atoms with Gasteiger partial charge < -0.3 is 10.6 Å². The summed E-state index contributed by atoms with van der Waals surface area (Å²) in [5, 5.41) is 12.1. The first-order valence-electron chi connectivity index (χ1n) is 9.84. The molecular formula is C22H21F2N5O3S. The number of thioether (sulfide) groups is 1. The molecule has 33 heavy (non-hydrogen) atoms. The lowest BCUT2D eigenvalue weighted by atomic mass is 10.0. The molecule has 0 saturated carbocycles. The Kier molecular flexibility index (Phi) is 7.22. The third kappa shape index (κ3) is 5.61. The van der Waals surface area contributed by atoms with Crippen LogP contribution in [0, 0.1) is 25.5 Å². The largest absolute Gasteiger partial charge is 0.325 e. The van der Waals surface area contributed by atoms with Crippen LogP contribution in [0.15, 0.2) is 40.3 Å². The number of nitrogens with zero attached hydrogens (tertiary/aromatic N) is 2. The molecule has 0 radical (unpaired) electrons. The van der Waals surface area contributed by atoms with Gasteiger partial charge in [-0.2, -0.15) is 0 Å². The van der Waals surface area contributed by atoms with Crippen molar-refractivity contribution in [2.45, 2.75) is 38.1 Å². The van der Waals surface area contributed by atoms with E-state index in [4.69, 9.17) is 0 Å². The van der Waals surface area contributed by atoms with Crippen LogP contribution < -0.4 is 16.2 Å². The molecule has 1 aromatic heterocycles. The molecule has 0 bridgehead atoms. The molecule has 0 fully saturated rings. The average Bonchev–Trinajstić information content (AvgIpc) is 2.72. The molecule has 172 valence electrons. The number of carbonyl (C=O) groups excluding carboxylic acids is 2.